The van der Waals surface area contributed by atoms with E-state index in [1.54, 1.807) is 30.3 Å². The van der Waals surface area contributed by atoms with Gasteiger partial charge in [0.25, 0.3) is 5.91 Å². The number of halogens is 1. The second-order valence-electron chi connectivity index (χ2n) is 9.83. The Morgan fingerprint density at radius 1 is 1.08 bits per heavy atom. The van der Waals surface area contributed by atoms with Gasteiger partial charge in [0, 0.05) is 36.7 Å². The average molecular weight is 500 g/mol. The summed E-state index contributed by atoms with van der Waals surface area (Å²) in [5, 5.41) is 2.91. The van der Waals surface area contributed by atoms with E-state index in [9.17, 15) is 14.0 Å². The van der Waals surface area contributed by atoms with E-state index in [0.29, 0.717) is 42.2 Å². The van der Waals surface area contributed by atoms with Gasteiger partial charge in [-0.05, 0) is 73.7 Å². The van der Waals surface area contributed by atoms with E-state index in [4.69, 9.17) is 4.42 Å². The Labute approximate surface area is 215 Å². The summed E-state index contributed by atoms with van der Waals surface area (Å²) in [4.78, 5) is 32.3. The lowest BCUT2D eigenvalue weighted by molar-refractivity contribution is -0.126. The Bertz CT molecular complexity index is 1420. The molecule has 0 radical (unpaired) electrons. The quantitative estimate of drug-likeness (QED) is 0.367. The van der Waals surface area contributed by atoms with Crippen LogP contribution in [0.1, 0.15) is 41.3 Å². The molecule has 1 aromatic heterocycles. The number of aryl methyl sites for hydroxylation is 1. The first-order valence-corrected chi connectivity index (χ1v) is 12.7. The highest BCUT2D eigenvalue weighted by Gasteiger charge is 2.30. The van der Waals surface area contributed by atoms with Gasteiger partial charge in [-0.3, -0.25) is 9.59 Å². The Hall–Kier alpha value is -4.00. The molecule has 1 fully saturated rings. The van der Waals surface area contributed by atoms with Gasteiger partial charge in [0.05, 0.1) is 0 Å². The van der Waals surface area contributed by atoms with Gasteiger partial charge >= 0.3 is 0 Å². The standard InChI is InChI=1S/C30H30FN3O3/c1-19-6-8-23(9-7-19)29-33-26-17-24(10-11-27(26)37-29)30(36)34-14-12-22(13-15-34)20(2)28(35)32-18-21-4-3-5-25(31)16-21/h3-11,16-17,20,22H,12-15,18H2,1-2H3,(H,32,35)/t20-/m1/s1. The van der Waals surface area contributed by atoms with Crippen molar-refractivity contribution in [2.75, 3.05) is 13.1 Å². The number of hydrogen-bond acceptors (Lipinski definition) is 4. The van der Waals surface area contributed by atoms with Crippen LogP contribution in [0, 0.1) is 24.6 Å². The van der Waals surface area contributed by atoms with Crippen molar-refractivity contribution >= 4 is 22.9 Å². The van der Waals surface area contributed by atoms with Gasteiger partial charge in [0.2, 0.25) is 11.8 Å². The third-order valence-electron chi connectivity index (χ3n) is 7.24. The first-order valence-electron chi connectivity index (χ1n) is 12.7. The molecule has 1 atom stereocenters. The van der Waals surface area contributed by atoms with Crippen molar-refractivity contribution in [2.45, 2.75) is 33.2 Å². The molecule has 0 spiro atoms. The fourth-order valence-corrected chi connectivity index (χ4v) is 4.88. The number of amides is 2. The zero-order valence-electron chi connectivity index (χ0n) is 21.0. The number of carbonyl (C=O) groups excluding carboxylic acids is 2. The lowest BCUT2D eigenvalue weighted by Crippen LogP contribution is -2.42. The van der Waals surface area contributed by atoms with Crippen LogP contribution in [0.3, 0.4) is 0 Å². The number of piperidine rings is 1. The molecule has 6 nitrogen and oxygen atoms in total. The minimum absolute atomic E-state index is 0.0385. The number of likely N-dealkylation sites (tertiary alicyclic amines) is 1. The number of benzene rings is 3. The van der Waals surface area contributed by atoms with Crippen molar-refractivity contribution in [2.24, 2.45) is 11.8 Å². The second-order valence-corrected chi connectivity index (χ2v) is 9.83. The number of fused-ring (bicyclic) bond motifs is 1. The molecule has 37 heavy (non-hydrogen) atoms. The van der Waals surface area contributed by atoms with Gasteiger partial charge in [-0.15, -0.1) is 0 Å². The summed E-state index contributed by atoms with van der Waals surface area (Å²) in [6.45, 7) is 5.44. The van der Waals surface area contributed by atoms with E-state index in [1.165, 1.54) is 12.1 Å². The zero-order valence-corrected chi connectivity index (χ0v) is 21.0. The van der Waals surface area contributed by atoms with Crippen LogP contribution in [0.5, 0.6) is 0 Å². The molecule has 7 heteroatoms. The Balaban J connectivity index is 1.18. The molecule has 3 aromatic carbocycles. The minimum Gasteiger partial charge on any atom is -0.436 e. The van der Waals surface area contributed by atoms with E-state index in [0.717, 1.165) is 29.5 Å². The maximum atomic E-state index is 13.4. The highest BCUT2D eigenvalue weighted by Crippen LogP contribution is 2.28. The fourth-order valence-electron chi connectivity index (χ4n) is 4.88. The first kappa shape index (κ1) is 24.7. The number of nitrogens with zero attached hydrogens (tertiary/aromatic N) is 2. The summed E-state index contributed by atoms with van der Waals surface area (Å²) in [7, 11) is 0. The summed E-state index contributed by atoms with van der Waals surface area (Å²) in [6, 6.07) is 19.6. The van der Waals surface area contributed by atoms with Gasteiger partial charge in [0.1, 0.15) is 11.3 Å². The Morgan fingerprint density at radius 2 is 1.84 bits per heavy atom. The number of nitrogens with one attached hydrogen (secondary N) is 1. The monoisotopic (exact) mass is 499 g/mol. The Kier molecular flexibility index (Phi) is 7.04. The molecular weight excluding hydrogens is 469 g/mol. The van der Waals surface area contributed by atoms with Crippen molar-refractivity contribution in [3.8, 4) is 11.5 Å². The molecule has 0 aliphatic carbocycles. The molecular formula is C30H30FN3O3. The maximum Gasteiger partial charge on any atom is 0.253 e. The lowest BCUT2D eigenvalue weighted by Gasteiger charge is -2.34. The molecule has 5 rings (SSSR count). The van der Waals surface area contributed by atoms with Crippen LogP contribution in [-0.2, 0) is 11.3 Å². The van der Waals surface area contributed by atoms with Crippen LogP contribution in [0.15, 0.2) is 71.1 Å². The summed E-state index contributed by atoms with van der Waals surface area (Å²) in [5.41, 5.74) is 4.66. The SMILES string of the molecule is Cc1ccc(-c2nc3cc(C(=O)N4CCC([C@@H](C)C(=O)NCc5cccc(F)c5)CC4)ccc3o2)cc1. The molecule has 4 aromatic rings. The predicted molar refractivity (Wildman–Crippen MR) is 140 cm³/mol. The van der Waals surface area contributed by atoms with Gasteiger partial charge in [-0.1, -0.05) is 36.8 Å². The molecule has 2 heterocycles. The topological polar surface area (TPSA) is 75.4 Å². The van der Waals surface area contributed by atoms with Crippen molar-refractivity contribution in [1.29, 1.82) is 0 Å². The summed E-state index contributed by atoms with van der Waals surface area (Å²) >= 11 is 0. The predicted octanol–water partition coefficient (Wildman–Crippen LogP) is 5.75. The summed E-state index contributed by atoms with van der Waals surface area (Å²) < 4.78 is 19.3. The maximum absolute atomic E-state index is 13.4. The largest absolute Gasteiger partial charge is 0.436 e. The van der Waals surface area contributed by atoms with E-state index < -0.39 is 0 Å². The highest BCUT2D eigenvalue weighted by molar-refractivity contribution is 5.97. The van der Waals surface area contributed by atoms with Crippen molar-refractivity contribution < 1.29 is 18.4 Å². The Morgan fingerprint density at radius 3 is 2.57 bits per heavy atom. The second kappa shape index (κ2) is 10.5. The van der Waals surface area contributed by atoms with Crippen LogP contribution in [-0.4, -0.2) is 34.8 Å². The number of rotatable bonds is 6. The van der Waals surface area contributed by atoms with E-state index in [-0.39, 0.29) is 29.5 Å². The van der Waals surface area contributed by atoms with E-state index >= 15 is 0 Å². The molecule has 1 aliphatic heterocycles. The van der Waals surface area contributed by atoms with Gasteiger partial charge < -0.3 is 14.6 Å². The molecule has 0 unspecified atom stereocenters. The highest BCUT2D eigenvalue weighted by atomic mass is 19.1. The third kappa shape index (κ3) is 5.56. The summed E-state index contributed by atoms with van der Waals surface area (Å²) in [6.07, 6.45) is 1.51. The van der Waals surface area contributed by atoms with Crippen molar-refractivity contribution in [1.82, 2.24) is 15.2 Å². The van der Waals surface area contributed by atoms with Gasteiger partial charge in [-0.25, -0.2) is 9.37 Å². The van der Waals surface area contributed by atoms with Crippen molar-refractivity contribution in [3.63, 3.8) is 0 Å². The molecule has 190 valence electrons. The van der Waals surface area contributed by atoms with Crippen LogP contribution in [0.4, 0.5) is 4.39 Å². The summed E-state index contributed by atoms with van der Waals surface area (Å²) in [5.74, 6) is 0.138. The number of carbonyl (C=O) groups is 2. The fraction of sp³-hybridized carbons (Fsp3) is 0.300. The third-order valence-corrected chi connectivity index (χ3v) is 7.24. The van der Waals surface area contributed by atoms with Crippen LogP contribution in [0.25, 0.3) is 22.6 Å². The number of hydrogen-bond donors (Lipinski definition) is 1. The van der Waals surface area contributed by atoms with Gasteiger partial charge in [-0.2, -0.15) is 0 Å². The molecule has 0 saturated carbocycles. The molecule has 2 amide bonds. The molecule has 1 saturated heterocycles. The number of oxazole rings is 1. The number of aromatic nitrogens is 1. The van der Waals surface area contributed by atoms with Crippen LogP contribution >= 0.6 is 0 Å². The normalized spacial score (nSPS) is 15.1. The van der Waals surface area contributed by atoms with Crippen LogP contribution < -0.4 is 5.32 Å². The lowest BCUT2D eigenvalue weighted by atomic mass is 9.84. The van der Waals surface area contributed by atoms with E-state index in [2.05, 4.69) is 10.3 Å². The average Bonchev–Trinajstić information content (AvgIpc) is 3.35. The van der Waals surface area contributed by atoms with Crippen LogP contribution in [0.2, 0.25) is 0 Å². The van der Waals surface area contributed by atoms with Crippen molar-refractivity contribution in [3.05, 3.63) is 89.2 Å². The molecule has 1 aliphatic rings. The smallest absolute Gasteiger partial charge is 0.253 e. The molecule has 1 N–H and O–H groups in total. The minimum atomic E-state index is -0.314. The first-order chi connectivity index (χ1) is 17.9. The zero-order chi connectivity index (χ0) is 25.9. The molecule has 0 bridgehead atoms. The van der Waals surface area contributed by atoms with E-state index in [1.807, 2.05) is 43.0 Å². The van der Waals surface area contributed by atoms with Gasteiger partial charge in [0.15, 0.2) is 5.58 Å².